The van der Waals surface area contributed by atoms with Crippen LogP contribution in [0.4, 0.5) is 0 Å². The zero-order chi connectivity index (χ0) is 21.1. The minimum atomic E-state index is -0.229. The number of amides is 1. The molecule has 1 aromatic carbocycles. The first-order valence-electron chi connectivity index (χ1n) is 8.89. The van der Waals surface area contributed by atoms with E-state index in [9.17, 15) is 14.4 Å². The summed E-state index contributed by atoms with van der Waals surface area (Å²) < 4.78 is 3.71. The van der Waals surface area contributed by atoms with E-state index in [1.54, 1.807) is 65.8 Å². The lowest BCUT2D eigenvalue weighted by Gasteiger charge is -2.10. The zero-order valence-electron chi connectivity index (χ0n) is 15.5. The molecule has 0 saturated carbocycles. The Morgan fingerprint density at radius 1 is 1.20 bits per heavy atom. The van der Waals surface area contributed by atoms with E-state index in [1.165, 1.54) is 22.0 Å². The van der Waals surface area contributed by atoms with E-state index in [2.05, 4.69) is 10.3 Å². The van der Waals surface area contributed by atoms with Gasteiger partial charge in [-0.15, -0.1) is 11.3 Å². The van der Waals surface area contributed by atoms with Crippen molar-refractivity contribution in [2.24, 2.45) is 0 Å². The molecule has 4 aromatic rings. The highest BCUT2D eigenvalue weighted by atomic mass is 35.5. The number of rotatable bonds is 6. The second-order valence-corrected chi connectivity index (χ2v) is 8.04. The molecule has 0 aliphatic heterocycles. The number of pyridine rings is 1. The van der Waals surface area contributed by atoms with Crippen molar-refractivity contribution >= 4 is 35.1 Å². The van der Waals surface area contributed by atoms with Crippen LogP contribution in [-0.2, 0) is 6.54 Å². The number of thiophene rings is 1. The molecule has 0 fully saturated rings. The number of halogens is 1. The van der Waals surface area contributed by atoms with Crippen LogP contribution in [0.2, 0.25) is 4.34 Å². The Labute approximate surface area is 180 Å². The van der Waals surface area contributed by atoms with Crippen LogP contribution in [0.3, 0.4) is 0 Å². The summed E-state index contributed by atoms with van der Waals surface area (Å²) in [6.07, 6.45) is 5.68. The maximum Gasteiger partial charge on any atom is 0.261 e. The minimum Gasteiger partial charge on any atom is -0.346 e. The SMILES string of the molecule is O=Cc1cc(-n2ccccc2=O)ccc1-n1cnc(CNC(=O)c2ccc(Cl)s2)c1. The van der Waals surface area contributed by atoms with Gasteiger partial charge >= 0.3 is 0 Å². The third kappa shape index (κ3) is 4.10. The van der Waals surface area contributed by atoms with Crippen molar-refractivity contribution in [2.45, 2.75) is 6.54 Å². The third-order valence-electron chi connectivity index (χ3n) is 4.38. The van der Waals surface area contributed by atoms with Crippen LogP contribution in [0.15, 0.2) is 72.0 Å². The predicted molar refractivity (Wildman–Crippen MR) is 115 cm³/mol. The van der Waals surface area contributed by atoms with Gasteiger partial charge in [0.2, 0.25) is 0 Å². The smallest absolute Gasteiger partial charge is 0.261 e. The molecule has 4 rings (SSSR count). The molecule has 0 bridgehead atoms. The Morgan fingerprint density at radius 3 is 2.80 bits per heavy atom. The highest BCUT2D eigenvalue weighted by Crippen LogP contribution is 2.21. The lowest BCUT2D eigenvalue weighted by Crippen LogP contribution is -2.21. The quantitative estimate of drug-likeness (QED) is 0.467. The normalized spacial score (nSPS) is 10.7. The monoisotopic (exact) mass is 438 g/mol. The Bertz CT molecular complexity index is 1290. The molecule has 9 heteroatoms. The van der Waals surface area contributed by atoms with E-state index in [1.807, 2.05) is 0 Å². The van der Waals surface area contributed by atoms with Crippen molar-refractivity contribution < 1.29 is 9.59 Å². The fourth-order valence-corrected chi connectivity index (χ4v) is 3.90. The van der Waals surface area contributed by atoms with Gasteiger partial charge in [-0.3, -0.25) is 19.0 Å². The molecule has 0 saturated heterocycles. The summed E-state index contributed by atoms with van der Waals surface area (Å²) in [7, 11) is 0. The Balaban J connectivity index is 1.54. The van der Waals surface area contributed by atoms with Crippen LogP contribution in [0, 0.1) is 0 Å². The molecule has 0 atom stereocenters. The van der Waals surface area contributed by atoms with Crippen molar-refractivity contribution in [1.82, 2.24) is 19.4 Å². The van der Waals surface area contributed by atoms with Crippen LogP contribution in [-0.4, -0.2) is 26.3 Å². The number of aldehydes is 1. The first-order chi connectivity index (χ1) is 14.5. The summed E-state index contributed by atoms with van der Waals surface area (Å²) in [6, 6.07) is 13.3. The maximum absolute atomic E-state index is 12.1. The summed E-state index contributed by atoms with van der Waals surface area (Å²) >= 11 is 7.06. The second kappa shape index (κ2) is 8.48. The standard InChI is InChI=1S/C21H15ClN4O3S/c22-19-7-6-18(30-19)21(29)23-10-15-11-25(13-24-15)17-5-4-16(9-14(17)12-27)26-8-2-1-3-20(26)28/h1-9,11-13H,10H2,(H,23,29). The van der Waals surface area contributed by atoms with Gasteiger partial charge in [-0.1, -0.05) is 17.7 Å². The number of benzene rings is 1. The molecule has 0 unspecified atom stereocenters. The Kier molecular flexibility index (Phi) is 5.60. The molecule has 0 spiro atoms. The molecule has 7 nitrogen and oxygen atoms in total. The number of carbonyl (C=O) groups excluding carboxylic acids is 2. The van der Waals surface area contributed by atoms with Crippen molar-refractivity contribution in [1.29, 1.82) is 0 Å². The van der Waals surface area contributed by atoms with Crippen LogP contribution in [0.25, 0.3) is 11.4 Å². The highest BCUT2D eigenvalue weighted by molar-refractivity contribution is 7.17. The van der Waals surface area contributed by atoms with Gasteiger partial charge in [-0.2, -0.15) is 0 Å². The van der Waals surface area contributed by atoms with Crippen molar-refractivity contribution in [2.75, 3.05) is 0 Å². The molecule has 0 aliphatic carbocycles. The van der Waals surface area contributed by atoms with E-state index in [4.69, 9.17) is 11.6 Å². The number of carbonyl (C=O) groups is 2. The molecule has 30 heavy (non-hydrogen) atoms. The van der Waals surface area contributed by atoms with Crippen molar-refractivity contribution in [3.8, 4) is 11.4 Å². The van der Waals surface area contributed by atoms with Crippen LogP contribution < -0.4 is 10.9 Å². The average Bonchev–Trinajstić information content (AvgIpc) is 3.41. The number of hydrogen-bond donors (Lipinski definition) is 1. The molecule has 3 aromatic heterocycles. The fraction of sp³-hybridized carbons (Fsp3) is 0.0476. The van der Waals surface area contributed by atoms with Crippen molar-refractivity contribution in [3.63, 3.8) is 0 Å². The van der Waals surface area contributed by atoms with E-state index in [0.717, 1.165) is 6.29 Å². The topological polar surface area (TPSA) is 86.0 Å². The molecule has 3 heterocycles. The number of imidazole rings is 1. The van der Waals surface area contributed by atoms with E-state index in [-0.39, 0.29) is 18.0 Å². The zero-order valence-corrected chi connectivity index (χ0v) is 17.1. The van der Waals surface area contributed by atoms with Crippen LogP contribution >= 0.6 is 22.9 Å². The number of aromatic nitrogens is 3. The predicted octanol–water partition coefficient (Wildman–Crippen LogP) is 3.48. The average molecular weight is 439 g/mol. The lowest BCUT2D eigenvalue weighted by molar-refractivity contribution is 0.0954. The largest absolute Gasteiger partial charge is 0.346 e. The summed E-state index contributed by atoms with van der Waals surface area (Å²) in [5.74, 6) is -0.229. The van der Waals surface area contributed by atoms with Gasteiger partial charge < -0.3 is 9.88 Å². The lowest BCUT2D eigenvalue weighted by atomic mass is 10.1. The first-order valence-corrected chi connectivity index (χ1v) is 10.1. The van der Waals surface area contributed by atoms with Crippen molar-refractivity contribution in [3.05, 3.63) is 98.1 Å². The molecule has 0 aliphatic rings. The maximum atomic E-state index is 12.1. The number of hydrogen-bond acceptors (Lipinski definition) is 5. The van der Waals surface area contributed by atoms with Gasteiger partial charge in [0.15, 0.2) is 6.29 Å². The molecule has 0 radical (unpaired) electrons. The van der Waals surface area contributed by atoms with Gasteiger partial charge in [0.05, 0.1) is 33.5 Å². The van der Waals surface area contributed by atoms with Gasteiger partial charge in [0, 0.05) is 29.7 Å². The summed E-state index contributed by atoms with van der Waals surface area (Å²) in [5.41, 5.74) is 2.06. The second-order valence-electron chi connectivity index (χ2n) is 6.33. The molecular weight excluding hydrogens is 424 g/mol. The Morgan fingerprint density at radius 2 is 2.07 bits per heavy atom. The summed E-state index contributed by atoms with van der Waals surface area (Å²) in [6.45, 7) is 0.231. The fourth-order valence-electron chi connectivity index (χ4n) is 2.94. The van der Waals surface area contributed by atoms with Crippen LogP contribution in [0.1, 0.15) is 25.7 Å². The van der Waals surface area contributed by atoms with Gasteiger partial charge in [0.1, 0.15) is 0 Å². The van der Waals surface area contributed by atoms with E-state index >= 15 is 0 Å². The van der Waals surface area contributed by atoms with E-state index < -0.39 is 0 Å². The minimum absolute atomic E-state index is 0.185. The summed E-state index contributed by atoms with van der Waals surface area (Å²) in [4.78, 5) is 40.6. The van der Waals surface area contributed by atoms with E-state index in [0.29, 0.717) is 31.8 Å². The number of nitrogens with zero attached hydrogens (tertiary/aromatic N) is 3. The molecule has 150 valence electrons. The molecule has 1 amide bonds. The van der Waals surface area contributed by atoms with Gasteiger partial charge in [-0.25, -0.2) is 4.98 Å². The summed E-state index contributed by atoms with van der Waals surface area (Å²) in [5, 5.41) is 2.79. The van der Waals surface area contributed by atoms with Crippen LogP contribution in [0.5, 0.6) is 0 Å². The third-order valence-corrected chi connectivity index (χ3v) is 5.61. The first kappa shape index (κ1) is 19.8. The highest BCUT2D eigenvalue weighted by Gasteiger charge is 2.11. The Hall–Kier alpha value is -3.49. The number of nitrogens with one attached hydrogen (secondary N) is 1. The molecule has 1 N–H and O–H groups in total. The molecular formula is C21H15ClN4O3S. The van der Waals surface area contributed by atoms with Gasteiger partial charge in [0.25, 0.3) is 11.5 Å². The van der Waals surface area contributed by atoms with Gasteiger partial charge in [-0.05, 0) is 36.4 Å².